The van der Waals surface area contributed by atoms with Crippen molar-refractivity contribution in [1.29, 1.82) is 0 Å². The van der Waals surface area contributed by atoms with Crippen molar-refractivity contribution in [2.75, 3.05) is 12.0 Å². The number of hydrogen-bond donors (Lipinski definition) is 0. The Morgan fingerprint density at radius 3 is 2.41 bits per heavy atom. The Kier molecular flexibility index (Phi) is 4.52. The highest BCUT2D eigenvalue weighted by Crippen LogP contribution is 2.30. The number of aromatic nitrogens is 2. The first kappa shape index (κ1) is 17.1. The molecule has 0 aliphatic carbocycles. The summed E-state index contributed by atoms with van der Waals surface area (Å²) in [4.78, 5) is 19.2. The van der Waals surface area contributed by atoms with E-state index in [1.54, 1.807) is 13.2 Å². The second-order valence-electron chi connectivity index (χ2n) is 5.85. The molecule has 0 spiro atoms. The van der Waals surface area contributed by atoms with Gasteiger partial charge in [-0.15, -0.1) is 10.2 Å². The lowest BCUT2D eigenvalue weighted by atomic mass is 10.2. The molecule has 2 heterocycles. The minimum Gasteiger partial charge on any atom is -0.497 e. The maximum absolute atomic E-state index is 13.1. The number of aliphatic imine (C=N–C) groups is 1. The largest absolute Gasteiger partial charge is 0.497 e. The molecule has 0 unspecified atom stereocenters. The Labute approximate surface area is 160 Å². The van der Waals surface area contributed by atoms with E-state index in [0.717, 1.165) is 21.9 Å². The molecule has 2 aromatic carbocycles. The quantitative estimate of drug-likeness (QED) is 0.651. The number of rotatable bonds is 4. The fourth-order valence-corrected chi connectivity index (χ4v) is 3.40. The third-order valence-electron chi connectivity index (χ3n) is 4.02. The molecular formula is C20H16N4O2S. The monoisotopic (exact) mass is 376 g/mol. The highest BCUT2D eigenvalue weighted by molar-refractivity contribution is 7.15. The number of benzene rings is 2. The fourth-order valence-electron chi connectivity index (χ4n) is 2.71. The van der Waals surface area contributed by atoms with Gasteiger partial charge in [0.15, 0.2) is 0 Å². The molecule has 1 aliphatic rings. The number of amides is 1. The number of anilines is 1. The van der Waals surface area contributed by atoms with E-state index in [9.17, 15) is 4.79 Å². The van der Waals surface area contributed by atoms with Gasteiger partial charge in [-0.1, -0.05) is 53.8 Å². The average Bonchev–Trinajstić information content (AvgIpc) is 3.26. The summed E-state index contributed by atoms with van der Waals surface area (Å²) in [6.45, 7) is 1.86. The van der Waals surface area contributed by atoms with E-state index in [0.29, 0.717) is 16.7 Å². The third-order valence-corrected chi connectivity index (χ3v) is 4.84. The second kappa shape index (κ2) is 7.13. The van der Waals surface area contributed by atoms with Gasteiger partial charge in [0.05, 0.1) is 7.11 Å². The van der Waals surface area contributed by atoms with Gasteiger partial charge in [-0.2, -0.15) is 0 Å². The maximum atomic E-state index is 13.1. The Bertz CT molecular complexity index is 1040. The first-order chi connectivity index (χ1) is 13.2. The van der Waals surface area contributed by atoms with Crippen LogP contribution in [0.15, 0.2) is 65.3 Å². The average molecular weight is 376 g/mol. The van der Waals surface area contributed by atoms with Gasteiger partial charge >= 0.3 is 0 Å². The van der Waals surface area contributed by atoms with Crippen LogP contribution in [0.4, 0.5) is 5.13 Å². The van der Waals surface area contributed by atoms with E-state index in [1.807, 2.05) is 61.5 Å². The van der Waals surface area contributed by atoms with Crippen LogP contribution in [0.5, 0.6) is 5.75 Å². The van der Waals surface area contributed by atoms with Crippen molar-refractivity contribution in [2.45, 2.75) is 6.92 Å². The van der Waals surface area contributed by atoms with Crippen molar-refractivity contribution in [3.8, 4) is 5.75 Å². The van der Waals surface area contributed by atoms with Crippen molar-refractivity contribution in [2.24, 2.45) is 4.99 Å². The van der Waals surface area contributed by atoms with E-state index in [-0.39, 0.29) is 5.91 Å². The van der Waals surface area contributed by atoms with Gasteiger partial charge < -0.3 is 4.74 Å². The Morgan fingerprint density at radius 2 is 1.78 bits per heavy atom. The molecule has 27 heavy (non-hydrogen) atoms. The zero-order valence-corrected chi connectivity index (χ0v) is 15.6. The molecule has 0 N–H and O–H groups in total. The zero-order chi connectivity index (χ0) is 18.8. The molecule has 6 nitrogen and oxygen atoms in total. The Morgan fingerprint density at radius 1 is 1.04 bits per heavy atom. The third kappa shape index (κ3) is 3.37. The van der Waals surface area contributed by atoms with E-state index >= 15 is 0 Å². The number of ether oxygens (including phenoxy) is 1. The molecule has 7 heteroatoms. The number of hydrogen-bond acceptors (Lipinski definition) is 6. The summed E-state index contributed by atoms with van der Waals surface area (Å²) in [5.74, 6) is 1.09. The number of carbonyl (C=O) groups excluding carboxylic acids is 1. The van der Waals surface area contributed by atoms with Crippen molar-refractivity contribution in [3.05, 3.63) is 76.4 Å². The van der Waals surface area contributed by atoms with E-state index < -0.39 is 0 Å². The predicted octanol–water partition coefficient (Wildman–Crippen LogP) is 3.69. The lowest BCUT2D eigenvalue weighted by molar-refractivity contribution is -0.113. The van der Waals surface area contributed by atoms with Crippen molar-refractivity contribution >= 4 is 34.3 Å². The van der Waals surface area contributed by atoms with Crippen LogP contribution in [-0.2, 0) is 4.79 Å². The molecule has 0 saturated heterocycles. The van der Waals surface area contributed by atoms with Gasteiger partial charge in [-0.3, -0.25) is 4.79 Å². The molecule has 0 saturated carbocycles. The molecular weight excluding hydrogens is 360 g/mol. The molecule has 0 atom stereocenters. The minimum atomic E-state index is -0.221. The molecule has 4 rings (SSSR count). The number of aryl methyl sites for hydroxylation is 1. The summed E-state index contributed by atoms with van der Waals surface area (Å²) < 4.78 is 5.18. The van der Waals surface area contributed by atoms with Gasteiger partial charge in [0.25, 0.3) is 5.91 Å². The minimum absolute atomic E-state index is 0.221. The van der Waals surface area contributed by atoms with Crippen LogP contribution >= 0.6 is 11.3 Å². The van der Waals surface area contributed by atoms with Crippen LogP contribution in [0.1, 0.15) is 16.1 Å². The van der Waals surface area contributed by atoms with Crippen molar-refractivity contribution in [1.82, 2.24) is 10.2 Å². The van der Waals surface area contributed by atoms with Crippen LogP contribution in [0.25, 0.3) is 6.08 Å². The number of methoxy groups -OCH3 is 1. The molecule has 0 bridgehead atoms. The standard InChI is InChI=1S/C20H16N4O2S/c1-13-22-23-20(27-13)24-18(15-6-4-3-5-7-15)21-17(19(24)25)12-14-8-10-16(26-2)11-9-14/h3-12H,1-2H3/b17-12+. The van der Waals surface area contributed by atoms with Gasteiger partial charge in [-0.05, 0) is 30.7 Å². The molecule has 1 aromatic heterocycles. The SMILES string of the molecule is COc1ccc(/C=C2/N=C(c3ccccc3)N(c3nnc(C)s3)C2=O)cc1. The number of carbonyl (C=O) groups is 1. The molecule has 134 valence electrons. The molecule has 1 aliphatic heterocycles. The molecule has 0 radical (unpaired) electrons. The molecule has 1 amide bonds. The summed E-state index contributed by atoms with van der Waals surface area (Å²) in [5.41, 5.74) is 2.06. The number of nitrogens with zero attached hydrogens (tertiary/aromatic N) is 4. The van der Waals surface area contributed by atoms with E-state index in [4.69, 9.17) is 4.74 Å². The van der Waals surface area contributed by atoms with Gasteiger partial charge in [-0.25, -0.2) is 9.89 Å². The van der Waals surface area contributed by atoms with Crippen LogP contribution < -0.4 is 9.64 Å². The van der Waals surface area contributed by atoms with Crippen LogP contribution in [-0.4, -0.2) is 29.0 Å². The summed E-state index contributed by atoms with van der Waals surface area (Å²) in [5, 5.41) is 9.48. The topological polar surface area (TPSA) is 67.7 Å². The summed E-state index contributed by atoms with van der Waals surface area (Å²) in [6, 6.07) is 17.1. The lowest BCUT2D eigenvalue weighted by Gasteiger charge is -2.14. The smallest absolute Gasteiger partial charge is 0.284 e. The van der Waals surface area contributed by atoms with Gasteiger partial charge in [0, 0.05) is 5.56 Å². The van der Waals surface area contributed by atoms with E-state index in [1.165, 1.54) is 16.2 Å². The molecule has 0 fully saturated rings. The maximum Gasteiger partial charge on any atom is 0.284 e. The van der Waals surface area contributed by atoms with Gasteiger partial charge in [0.1, 0.15) is 22.3 Å². The van der Waals surface area contributed by atoms with Crippen LogP contribution in [0, 0.1) is 6.92 Å². The lowest BCUT2D eigenvalue weighted by Crippen LogP contribution is -2.32. The van der Waals surface area contributed by atoms with Crippen molar-refractivity contribution in [3.63, 3.8) is 0 Å². The first-order valence-corrected chi connectivity index (χ1v) is 9.12. The normalized spacial score (nSPS) is 15.3. The van der Waals surface area contributed by atoms with Crippen LogP contribution in [0.2, 0.25) is 0 Å². The van der Waals surface area contributed by atoms with Gasteiger partial charge in [0.2, 0.25) is 5.13 Å². The second-order valence-corrected chi connectivity index (χ2v) is 7.01. The highest BCUT2D eigenvalue weighted by atomic mass is 32.1. The summed E-state index contributed by atoms with van der Waals surface area (Å²) in [7, 11) is 1.62. The number of amidine groups is 1. The highest BCUT2D eigenvalue weighted by Gasteiger charge is 2.34. The van der Waals surface area contributed by atoms with Crippen molar-refractivity contribution < 1.29 is 9.53 Å². The first-order valence-electron chi connectivity index (χ1n) is 8.30. The van der Waals surface area contributed by atoms with E-state index in [2.05, 4.69) is 15.2 Å². The Balaban J connectivity index is 1.77. The van der Waals surface area contributed by atoms with Crippen LogP contribution in [0.3, 0.4) is 0 Å². The summed E-state index contributed by atoms with van der Waals surface area (Å²) >= 11 is 1.36. The zero-order valence-electron chi connectivity index (χ0n) is 14.8. The summed E-state index contributed by atoms with van der Waals surface area (Å²) in [6.07, 6.45) is 1.76. The Hall–Kier alpha value is -3.32. The fraction of sp³-hybridized carbons (Fsp3) is 0.100. The predicted molar refractivity (Wildman–Crippen MR) is 106 cm³/mol. The molecule has 3 aromatic rings.